The third-order valence-electron chi connectivity index (χ3n) is 1.47. The van der Waals surface area contributed by atoms with E-state index in [1.807, 2.05) is 0 Å². The maximum absolute atomic E-state index is 10.3. The van der Waals surface area contributed by atoms with Crippen molar-refractivity contribution in [3.8, 4) is 0 Å². The number of aliphatic hydroxyl groups is 1. The zero-order valence-corrected chi connectivity index (χ0v) is 4.95. The van der Waals surface area contributed by atoms with Crippen molar-refractivity contribution >= 4 is 5.91 Å². The van der Waals surface area contributed by atoms with E-state index in [0.29, 0.717) is 17.9 Å². The van der Waals surface area contributed by atoms with Gasteiger partial charge >= 0.3 is 0 Å². The Morgan fingerprint density at radius 2 is 2.44 bits per heavy atom. The standard InChI is InChI=1S/C5H9NO3/c7-2-1-4-3-5(8)6(4)9/h4,7,9H,1-3H2. The Morgan fingerprint density at radius 3 is 2.78 bits per heavy atom. The minimum Gasteiger partial charge on any atom is -0.396 e. The number of β-lactam (4-membered cyclic amide) rings is 1. The Balaban J connectivity index is 2.25. The van der Waals surface area contributed by atoms with Crippen LogP contribution in [-0.2, 0) is 4.79 Å². The summed E-state index contributed by atoms with van der Waals surface area (Å²) in [5.74, 6) is -0.256. The van der Waals surface area contributed by atoms with Crippen molar-refractivity contribution in [2.75, 3.05) is 6.61 Å². The fourth-order valence-corrected chi connectivity index (χ4v) is 0.846. The smallest absolute Gasteiger partial charge is 0.248 e. The number of rotatable bonds is 2. The van der Waals surface area contributed by atoms with Crippen LogP contribution in [0, 0.1) is 0 Å². The lowest BCUT2D eigenvalue weighted by molar-refractivity contribution is -0.203. The zero-order chi connectivity index (χ0) is 6.85. The first kappa shape index (κ1) is 6.51. The molecule has 1 aliphatic heterocycles. The van der Waals surface area contributed by atoms with Crippen molar-refractivity contribution in [1.82, 2.24) is 5.06 Å². The van der Waals surface area contributed by atoms with Crippen LogP contribution in [0.15, 0.2) is 0 Å². The zero-order valence-electron chi connectivity index (χ0n) is 4.95. The van der Waals surface area contributed by atoms with Crippen molar-refractivity contribution in [1.29, 1.82) is 0 Å². The molecule has 4 heteroatoms. The van der Waals surface area contributed by atoms with Crippen LogP contribution in [0.4, 0.5) is 0 Å². The van der Waals surface area contributed by atoms with Crippen LogP contribution in [0.1, 0.15) is 12.8 Å². The highest BCUT2D eigenvalue weighted by Crippen LogP contribution is 2.18. The van der Waals surface area contributed by atoms with Gasteiger partial charge in [0.25, 0.3) is 0 Å². The van der Waals surface area contributed by atoms with Crippen LogP contribution >= 0.6 is 0 Å². The summed E-state index contributed by atoms with van der Waals surface area (Å²) in [6, 6.07) is -0.137. The van der Waals surface area contributed by atoms with E-state index in [-0.39, 0.29) is 18.6 Å². The number of nitrogens with zero attached hydrogens (tertiary/aromatic N) is 1. The Kier molecular flexibility index (Phi) is 1.68. The lowest BCUT2D eigenvalue weighted by Gasteiger charge is -2.33. The third-order valence-corrected chi connectivity index (χ3v) is 1.47. The van der Waals surface area contributed by atoms with Crippen molar-refractivity contribution in [2.24, 2.45) is 0 Å². The number of hydrogen-bond donors (Lipinski definition) is 2. The second kappa shape index (κ2) is 2.33. The Bertz CT molecular complexity index is 125. The molecule has 0 aromatic rings. The maximum Gasteiger partial charge on any atom is 0.248 e. The predicted molar refractivity (Wildman–Crippen MR) is 28.7 cm³/mol. The van der Waals surface area contributed by atoms with Gasteiger partial charge in [-0.2, -0.15) is 0 Å². The van der Waals surface area contributed by atoms with Crippen LogP contribution in [0.25, 0.3) is 0 Å². The molecule has 0 bridgehead atoms. The molecule has 4 nitrogen and oxygen atoms in total. The van der Waals surface area contributed by atoms with Gasteiger partial charge in [-0.25, -0.2) is 5.06 Å². The molecule has 9 heavy (non-hydrogen) atoms. The molecule has 1 aliphatic rings. The van der Waals surface area contributed by atoms with Crippen LogP contribution in [-0.4, -0.2) is 33.9 Å². The van der Waals surface area contributed by atoms with Crippen molar-refractivity contribution in [2.45, 2.75) is 18.9 Å². The molecule has 0 aromatic carbocycles. The molecule has 1 atom stereocenters. The highest BCUT2D eigenvalue weighted by Gasteiger charge is 2.34. The maximum atomic E-state index is 10.3. The van der Waals surface area contributed by atoms with Gasteiger partial charge in [-0.3, -0.25) is 10.0 Å². The summed E-state index contributed by atoms with van der Waals surface area (Å²) in [6.45, 7) is 0.0228. The molecule has 0 aromatic heterocycles. The molecule has 0 spiro atoms. The Morgan fingerprint density at radius 1 is 1.78 bits per heavy atom. The van der Waals surface area contributed by atoms with Crippen molar-refractivity contribution in [3.63, 3.8) is 0 Å². The van der Waals surface area contributed by atoms with Crippen LogP contribution < -0.4 is 0 Å². The minimum atomic E-state index is -0.256. The van der Waals surface area contributed by atoms with Gasteiger partial charge in [0.15, 0.2) is 0 Å². The molecular weight excluding hydrogens is 122 g/mol. The lowest BCUT2D eigenvalue weighted by Crippen LogP contribution is -2.50. The van der Waals surface area contributed by atoms with Crippen LogP contribution in [0.2, 0.25) is 0 Å². The van der Waals surface area contributed by atoms with Crippen molar-refractivity contribution in [3.05, 3.63) is 0 Å². The largest absolute Gasteiger partial charge is 0.396 e. The highest BCUT2D eigenvalue weighted by molar-refractivity contribution is 5.81. The molecule has 1 fully saturated rings. The van der Waals surface area contributed by atoms with Crippen LogP contribution in [0.5, 0.6) is 0 Å². The summed E-state index contributed by atoms with van der Waals surface area (Å²) >= 11 is 0. The fourth-order valence-electron chi connectivity index (χ4n) is 0.846. The molecule has 0 aliphatic carbocycles. The number of hydroxylamine groups is 2. The van der Waals surface area contributed by atoms with E-state index in [9.17, 15) is 4.79 Å². The van der Waals surface area contributed by atoms with Crippen LogP contribution in [0.3, 0.4) is 0 Å². The first-order valence-electron chi connectivity index (χ1n) is 2.87. The minimum absolute atomic E-state index is 0.0228. The van der Waals surface area contributed by atoms with E-state index in [1.54, 1.807) is 0 Å². The van der Waals surface area contributed by atoms with Crippen molar-refractivity contribution < 1.29 is 15.1 Å². The van der Waals surface area contributed by atoms with E-state index < -0.39 is 0 Å². The summed E-state index contributed by atoms with van der Waals surface area (Å²) < 4.78 is 0. The van der Waals surface area contributed by atoms with Gasteiger partial charge in [-0.15, -0.1) is 0 Å². The molecule has 1 heterocycles. The second-order valence-electron chi connectivity index (χ2n) is 2.11. The average Bonchev–Trinajstić information content (AvgIpc) is 1.88. The summed E-state index contributed by atoms with van der Waals surface area (Å²) in [7, 11) is 0. The van der Waals surface area contributed by atoms with Gasteiger partial charge < -0.3 is 5.11 Å². The highest BCUT2D eigenvalue weighted by atomic mass is 16.5. The Hall–Kier alpha value is -0.610. The average molecular weight is 131 g/mol. The van der Waals surface area contributed by atoms with Gasteiger partial charge in [-0.1, -0.05) is 0 Å². The van der Waals surface area contributed by atoms with Gasteiger partial charge in [0, 0.05) is 6.61 Å². The van der Waals surface area contributed by atoms with Gasteiger partial charge in [0.2, 0.25) is 5.91 Å². The molecule has 1 saturated heterocycles. The number of carbonyl (C=O) groups excluding carboxylic acids is 1. The predicted octanol–water partition coefficient (Wildman–Crippen LogP) is -0.641. The monoisotopic (exact) mass is 131 g/mol. The Labute approximate surface area is 52.7 Å². The van der Waals surface area contributed by atoms with Gasteiger partial charge in [0.1, 0.15) is 0 Å². The molecule has 1 amide bonds. The van der Waals surface area contributed by atoms with E-state index in [4.69, 9.17) is 10.3 Å². The molecule has 0 radical (unpaired) electrons. The first-order chi connectivity index (χ1) is 4.25. The second-order valence-corrected chi connectivity index (χ2v) is 2.11. The summed E-state index contributed by atoms with van der Waals surface area (Å²) in [5.41, 5.74) is 0. The number of aliphatic hydroxyl groups excluding tert-OH is 1. The topological polar surface area (TPSA) is 60.8 Å². The first-order valence-corrected chi connectivity index (χ1v) is 2.87. The number of amides is 1. The van der Waals surface area contributed by atoms with E-state index in [2.05, 4.69) is 0 Å². The molecule has 0 saturated carbocycles. The molecule has 1 rings (SSSR count). The molecular formula is C5H9NO3. The summed E-state index contributed by atoms with van der Waals surface area (Å²) in [6.07, 6.45) is 0.847. The third kappa shape index (κ3) is 1.04. The SMILES string of the molecule is O=C1CC(CCO)N1O. The lowest BCUT2D eigenvalue weighted by atomic mass is 10.0. The van der Waals surface area contributed by atoms with Gasteiger partial charge in [-0.05, 0) is 6.42 Å². The summed E-state index contributed by atoms with van der Waals surface area (Å²) in [4.78, 5) is 10.3. The summed E-state index contributed by atoms with van der Waals surface area (Å²) in [5, 5.41) is 17.7. The van der Waals surface area contributed by atoms with E-state index in [0.717, 1.165) is 0 Å². The van der Waals surface area contributed by atoms with Gasteiger partial charge in [0.05, 0.1) is 12.5 Å². The van der Waals surface area contributed by atoms with E-state index in [1.165, 1.54) is 0 Å². The quantitative estimate of drug-likeness (QED) is 0.387. The molecule has 1 unspecified atom stereocenters. The molecule has 52 valence electrons. The fraction of sp³-hybridized carbons (Fsp3) is 0.800. The number of hydrogen-bond acceptors (Lipinski definition) is 3. The van der Waals surface area contributed by atoms with E-state index >= 15 is 0 Å². The molecule has 2 N–H and O–H groups in total. The normalized spacial score (nSPS) is 26.2. The number of carbonyl (C=O) groups is 1.